The molecule has 1 heteroatoms. The highest BCUT2D eigenvalue weighted by Crippen LogP contribution is 2.54. The Morgan fingerprint density at radius 2 is 0.788 bits per heavy atom. The summed E-state index contributed by atoms with van der Waals surface area (Å²) in [6.45, 7) is 4.72. The van der Waals surface area contributed by atoms with Gasteiger partial charge in [0.05, 0.1) is 5.69 Å². The van der Waals surface area contributed by atoms with Crippen LogP contribution in [0.4, 0.5) is 17.1 Å². The molecule has 2 aliphatic rings. The van der Waals surface area contributed by atoms with E-state index in [4.69, 9.17) is 0 Å². The normalized spacial score (nSPS) is 13.0. The van der Waals surface area contributed by atoms with E-state index in [-0.39, 0.29) is 5.41 Å². The lowest BCUT2D eigenvalue weighted by Crippen LogP contribution is -2.17. The predicted octanol–water partition coefficient (Wildman–Crippen LogP) is 14.1. The monoisotopic (exact) mass is 663 g/mol. The van der Waals surface area contributed by atoms with Crippen LogP contribution in [0.15, 0.2) is 188 Å². The average Bonchev–Trinajstić information content (AvgIpc) is 3.40. The lowest BCUT2D eigenvalue weighted by atomic mass is 9.82. The minimum absolute atomic E-state index is 0.115. The molecule has 0 saturated carbocycles. The Morgan fingerprint density at radius 3 is 1.44 bits per heavy atom. The maximum Gasteiger partial charge on any atom is 0.0540 e. The van der Waals surface area contributed by atoms with Crippen LogP contribution in [0.1, 0.15) is 25.0 Å². The van der Waals surface area contributed by atoms with Crippen molar-refractivity contribution in [2.45, 2.75) is 19.3 Å². The average molecular weight is 664 g/mol. The molecule has 0 amide bonds. The lowest BCUT2D eigenvalue weighted by Gasteiger charge is -2.30. The SMILES string of the molecule is CC1(C)c2ccccc2-c2ccc(N(c3ccc(-c4ccccc4)cc3)c3ccccc3-c3c4cccc3-c3ccccc3-c3ccccc3-4)cc21. The number of rotatable bonds is 5. The van der Waals surface area contributed by atoms with Crippen molar-refractivity contribution in [2.24, 2.45) is 0 Å². The summed E-state index contributed by atoms with van der Waals surface area (Å²) in [6.07, 6.45) is 0. The summed E-state index contributed by atoms with van der Waals surface area (Å²) in [6, 6.07) is 69.2. The summed E-state index contributed by atoms with van der Waals surface area (Å²) in [5.41, 5.74) is 21.1. The first kappa shape index (κ1) is 30.4. The van der Waals surface area contributed by atoms with E-state index in [0.29, 0.717) is 0 Å². The largest absolute Gasteiger partial charge is 0.310 e. The highest BCUT2D eigenvalue weighted by Gasteiger charge is 2.36. The van der Waals surface area contributed by atoms with Gasteiger partial charge in [0, 0.05) is 22.4 Å². The van der Waals surface area contributed by atoms with Gasteiger partial charge in [0.1, 0.15) is 0 Å². The maximum absolute atomic E-state index is 2.47. The van der Waals surface area contributed by atoms with Gasteiger partial charge in [-0.3, -0.25) is 0 Å². The van der Waals surface area contributed by atoms with Crippen LogP contribution in [0.25, 0.3) is 66.8 Å². The number of benzene rings is 8. The first-order valence-corrected chi connectivity index (χ1v) is 18.2. The molecule has 0 fully saturated rings. The van der Waals surface area contributed by atoms with Crippen molar-refractivity contribution >= 4 is 17.1 Å². The molecule has 0 radical (unpaired) electrons. The first-order valence-electron chi connectivity index (χ1n) is 18.2. The van der Waals surface area contributed by atoms with Gasteiger partial charge < -0.3 is 4.90 Å². The van der Waals surface area contributed by atoms with Gasteiger partial charge in [0.25, 0.3) is 0 Å². The topological polar surface area (TPSA) is 3.24 Å². The Balaban J connectivity index is 1.22. The van der Waals surface area contributed by atoms with Gasteiger partial charge in [-0.2, -0.15) is 0 Å². The number of fused-ring (bicyclic) bond motifs is 10. The van der Waals surface area contributed by atoms with Crippen LogP contribution in [0.5, 0.6) is 0 Å². The van der Waals surface area contributed by atoms with Crippen LogP contribution in [0.3, 0.4) is 0 Å². The third kappa shape index (κ3) is 4.63. The molecule has 52 heavy (non-hydrogen) atoms. The fourth-order valence-corrected chi connectivity index (χ4v) is 8.77. The number of nitrogens with zero attached hydrogens (tertiary/aromatic N) is 1. The molecular weight excluding hydrogens is 627 g/mol. The molecular formula is C51H37N. The molecule has 2 aliphatic carbocycles. The zero-order valence-corrected chi connectivity index (χ0v) is 29.3. The van der Waals surface area contributed by atoms with Crippen molar-refractivity contribution in [2.75, 3.05) is 4.90 Å². The first-order chi connectivity index (χ1) is 25.6. The Bertz CT molecular complexity index is 2580. The standard InChI is InChI=1S/C51H37N/c1-51(2)47-25-12-10-21-42(47)43-32-31-37(33-48(43)51)52(36-29-27-35(28-30-36)34-15-4-3-5-16-34)49-26-13-11-22-46(49)50-44-23-14-24-45(50)41-20-9-7-18-39(41)38-17-6-8-19-40(38)44/h3-33H,1-2H3. The number of hydrogen-bond acceptors (Lipinski definition) is 1. The molecule has 8 aromatic carbocycles. The molecule has 1 nitrogen and oxygen atoms in total. The highest BCUT2D eigenvalue weighted by atomic mass is 15.1. The Hall–Kier alpha value is -6.44. The minimum Gasteiger partial charge on any atom is -0.310 e. The van der Waals surface area contributed by atoms with Crippen molar-refractivity contribution in [3.05, 3.63) is 199 Å². The molecule has 0 aliphatic heterocycles. The van der Waals surface area contributed by atoms with Crippen LogP contribution in [-0.4, -0.2) is 0 Å². The summed E-state index contributed by atoms with van der Waals surface area (Å²) in [7, 11) is 0. The fourth-order valence-electron chi connectivity index (χ4n) is 8.77. The molecule has 10 rings (SSSR count). The third-order valence-corrected chi connectivity index (χ3v) is 11.3. The van der Waals surface area contributed by atoms with E-state index >= 15 is 0 Å². The van der Waals surface area contributed by atoms with Gasteiger partial charge in [-0.1, -0.05) is 172 Å². The second-order valence-electron chi connectivity index (χ2n) is 14.5. The fraction of sp³-hybridized carbons (Fsp3) is 0.0588. The van der Waals surface area contributed by atoms with Gasteiger partial charge in [0.15, 0.2) is 0 Å². The van der Waals surface area contributed by atoms with Crippen LogP contribution < -0.4 is 4.90 Å². The molecule has 246 valence electrons. The van der Waals surface area contributed by atoms with E-state index in [1.54, 1.807) is 0 Å². The molecule has 0 unspecified atom stereocenters. The smallest absolute Gasteiger partial charge is 0.0540 e. The van der Waals surface area contributed by atoms with Crippen molar-refractivity contribution in [3.8, 4) is 66.8 Å². The van der Waals surface area contributed by atoms with Gasteiger partial charge >= 0.3 is 0 Å². The second-order valence-corrected chi connectivity index (χ2v) is 14.5. The summed E-state index contributed by atoms with van der Waals surface area (Å²) in [5, 5.41) is 0. The maximum atomic E-state index is 2.47. The van der Waals surface area contributed by atoms with E-state index in [2.05, 4.69) is 207 Å². The van der Waals surface area contributed by atoms with Crippen molar-refractivity contribution in [3.63, 3.8) is 0 Å². The van der Waals surface area contributed by atoms with Crippen molar-refractivity contribution < 1.29 is 0 Å². The van der Waals surface area contributed by atoms with Gasteiger partial charge in [0.2, 0.25) is 0 Å². The molecule has 0 saturated heterocycles. The van der Waals surface area contributed by atoms with Crippen LogP contribution in [0, 0.1) is 0 Å². The van der Waals surface area contributed by atoms with E-state index in [1.165, 1.54) is 77.9 Å². The molecule has 0 N–H and O–H groups in total. The van der Waals surface area contributed by atoms with Crippen LogP contribution in [-0.2, 0) is 5.41 Å². The second kappa shape index (κ2) is 11.8. The molecule has 0 atom stereocenters. The van der Waals surface area contributed by atoms with Gasteiger partial charge in [-0.05, 0) is 103 Å². The van der Waals surface area contributed by atoms with E-state index < -0.39 is 0 Å². The molecule has 8 aromatic rings. The lowest BCUT2D eigenvalue weighted by molar-refractivity contribution is 0.660. The zero-order valence-electron chi connectivity index (χ0n) is 29.3. The zero-order chi connectivity index (χ0) is 34.8. The summed E-state index contributed by atoms with van der Waals surface area (Å²) in [5.74, 6) is 0. The summed E-state index contributed by atoms with van der Waals surface area (Å²) >= 11 is 0. The Labute approximate surface area is 306 Å². The number of anilines is 3. The van der Waals surface area contributed by atoms with Crippen LogP contribution in [0.2, 0.25) is 0 Å². The van der Waals surface area contributed by atoms with Crippen molar-refractivity contribution in [1.82, 2.24) is 0 Å². The summed E-state index contributed by atoms with van der Waals surface area (Å²) < 4.78 is 0. The number of hydrogen-bond donors (Lipinski definition) is 0. The third-order valence-electron chi connectivity index (χ3n) is 11.3. The number of para-hydroxylation sites is 1. The van der Waals surface area contributed by atoms with Crippen molar-refractivity contribution in [1.29, 1.82) is 0 Å². The minimum atomic E-state index is -0.115. The van der Waals surface area contributed by atoms with Gasteiger partial charge in [-0.15, -0.1) is 0 Å². The molecule has 0 heterocycles. The highest BCUT2D eigenvalue weighted by molar-refractivity contribution is 6.08. The van der Waals surface area contributed by atoms with E-state index in [0.717, 1.165) is 17.1 Å². The predicted molar refractivity (Wildman–Crippen MR) is 219 cm³/mol. The molecule has 0 aromatic heterocycles. The van der Waals surface area contributed by atoms with E-state index in [9.17, 15) is 0 Å². The van der Waals surface area contributed by atoms with Gasteiger partial charge in [-0.25, -0.2) is 0 Å². The van der Waals surface area contributed by atoms with E-state index in [1.807, 2.05) is 0 Å². The Kier molecular flexibility index (Phi) is 6.91. The molecule has 0 spiro atoms. The Morgan fingerprint density at radius 1 is 0.327 bits per heavy atom. The molecule has 2 bridgehead atoms. The summed E-state index contributed by atoms with van der Waals surface area (Å²) in [4.78, 5) is 2.47. The quantitative estimate of drug-likeness (QED) is 0.177. The van der Waals surface area contributed by atoms with Crippen LogP contribution >= 0.6 is 0 Å².